The molecule has 0 spiro atoms. The van der Waals surface area contributed by atoms with Gasteiger partial charge in [-0.1, -0.05) is 142 Å². The monoisotopic (exact) mass is 810 g/mol. The van der Waals surface area contributed by atoms with Crippen LogP contribution in [0.2, 0.25) is 0 Å². The van der Waals surface area contributed by atoms with E-state index < -0.39 is 0 Å². The Kier molecular flexibility index (Phi) is 8.69. The Morgan fingerprint density at radius 1 is 0.328 bits per heavy atom. The first-order valence-corrected chi connectivity index (χ1v) is 22.4. The normalized spacial score (nSPS) is 11.9. The molecule has 0 aliphatic heterocycles. The van der Waals surface area contributed by atoms with Gasteiger partial charge in [0, 0.05) is 55.4 Å². The first-order chi connectivity index (χ1) is 31.2. The van der Waals surface area contributed by atoms with Gasteiger partial charge in [-0.3, -0.25) is 0 Å². The summed E-state index contributed by atoms with van der Waals surface area (Å²) < 4.78 is 11.4. The van der Waals surface area contributed by atoms with Crippen molar-refractivity contribution >= 4 is 159 Å². The predicted octanol–water partition coefficient (Wildman–Crippen LogP) is 2.59. The molecule has 10 heteroatoms. The van der Waals surface area contributed by atoms with Crippen molar-refractivity contribution in [1.82, 2.24) is 9.13 Å². The minimum Gasteiger partial charge on any atom is -0.456 e. The molecule has 0 unspecified atom stereocenters. The maximum absolute atomic E-state index is 6.46. The SMILES string of the molecule is Bc1c(B)c(B)c2c(c1B)c1c(B)c(-c3ccc4c(c3)c3c(-c5ccccc5)cccc3n4-c3ccc4c(c3)oc3ccccc34)c(B)c(B)c1n2-c1ccc(-c2ccccc2)cc1. The summed E-state index contributed by atoms with van der Waals surface area (Å²) in [7, 11) is 16.3. The number of aromatic nitrogens is 2. The number of furan rings is 1. The van der Waals surface area contributed by atoms with E-state index in [1.807, 2.05) is 6.07 Å². The second-order valence-electron chi connectivity index (χ2n) is 17.9. The minimum absolute atomic E-state index is 0.891. The molecule has 3 aromatic heterocycles. The fraction of sp³-hybridized carbons (Fsp3) is 0. The Labute approximate surface area is 379 Å². The molecule has 0 fully saturated rings. The summed E-state index contributed by atoms with van der Waals surface area (Å²) in [6.45, 7) is 0. The van der Waals surface area contributed by atoms with Crippen LogP contribution in [-0.2, 0) is 0 Å². The Morgan fingerprint density at radius 3 is 1.67 bits per heavy atom. The van der Waals surface area contributed by atoms with E-state index in [-0.39, 0.29) is 0 Å². The van der Waals surface area contributed by atoms with E-state index in [1.54, 1.807) is 0 Å². The van der Waals surface area contributed by atoms with Crippen LogP contribution in [0.25, 0.3) is 110 Å². The predicted molar refractivity (Wildman–Crippen MR) is 296 cm³/mol. The van der Waals surface area contributed by atoms with E-state index in [4.69, 9.17) is 4.42 Å². The molecule has 9 aromatic carbocycles. The molecule has 3 nitrogen and oxygen atoms in total. The van der Waals surface area contributed by atoms with Crippen molar-refractivity contribution in [3.8, 4) is 44.8 Å². The fourth-order valence-corrected chi connectivity index (χ4v) is 11.1. The van der Waals surface area contributed by atoms with E-state index in [9.17, 15) is 0 Å². The van der Waals surface area contributed by atoms with Crippen molar-refractivity contribution in [2.24, 2.45) is 0 Å². The highest BCUT2D eigenvalue weighted by Gasteiger charge is 2.26. The maximum Gasteiger partial charge on any atom is 0.141 e. The third-order valence-corrected chi connectivity index (χ3v) is 14.6. The second-order valence-corrected chi connectivity index (χ2v) is 17.9. The van der Waals surface area contributed by atoms with Gasteiger partial charge in [0.15, 0.2) is 0 Å². The number of benzene rings is 9. The molecule has 3 heterocycles. The van der Waals surface area contributed by atoms with Gasteiger partial charge in [0.05, 0.1) is 11.0 Å². The average Bonchev–Trinajstić information content (AvgIpc) is 4.01. The van der Waals surface area contributed by atoms with Gasteiger partial charge in [0.2, 0.25) is 0 Å². The van der Waals surface area contributed by atoms with Crippen LogP contribution in [-0.4, -0.2) is 64.1 Å². The van der Waals surface area contributed by atoms with Crippen molar-refractivity contribution in [3.63, 3.8) is 0 Å². The number of hydrogen-bond donors (Lipinski definition) is 0. The quantitative estimate of drug-likeness (QED) is 0.246. The van der Waals surface area contributed by atoms with Crippen LogP contribution in [0.3, 0.4) is 0 Å². The molecular formula is C54H41B7N2O. The van der Waals surface area contributed by atoms with E-state index in [2.05, 4.69) is 222 Å². The molecule has 294 valence electrons. The molecule has 0 atom stereocenters. The zero-order valence-corrected chi connectivity index (χ0v) is 37.4. The largest absolute Gasteiger partial charge is 0.456 e. The van der Waals surface area contributed by atoms with E-state index in [0.717, 1.165) is 27.6 Å². The average molecular weight is 810 g/mol. The first-order valence-electron chi connectivity index (χ1n) is 22.4. The standard InChI is InChI=1S/C54H41B7N2O/c55-46-42(47(56)51(60)53-44(46)45-48(57)49(58)50(59)52(61)54(45)63(53)32-21-18-29(19-22-32)28-10-3-1-4-11-28)31-20-25-38-37(26-31)43-34(30-12-5-2-6-13-30)15-9-16-39(43)62(38)33-23-24-36-35-14-7-8-17-40(35)64-41(36)27-33/h1-27H,55-61H2. The van der Waals surface area contributed by atoms with Crippen LogP contribution in [0.4, 0.5) is 0 Å². The Balaban J connectivity index is 1.13. The summed E-state index contributed by atoms with van der Waals surface area (Å²) in [5.41, 5.74) is 25.8. The highest BCUT2D eigenvalue weighted by atomic mass is 16.3. The van der Waals surface area contributed by atoms with Crippen molar-refractivity contribution in [1.29, 1.82) is 0 Å². The number of para-hydroxylation sites is 1. The smallest absolute Gasteiger partial charge is 0.141 e. The molecule has 0 aliphatic carbocycles. The zero-order chi connectivity index (χ0) is 43.5. The highest BCUT2D eigenvalue weighted by molar-refractivity contribution is 6.69. The van der Waals surface area contributed by atoms with Crippen molar-refractivity contribution in [3.05, 3.63) is 164 Å². The summed E-state index contributed by atoms with van der Waals surface area (Å²) in [6.07, 6.45) is 0. The number of nitrogens with zero attached hydrogens (tertiary/aromatic N) is 2. The highest BCUT2D eigenvalue weighted by Crippen LogP contribution is 2.41. The van der Waals surface area contributed by atoms with Gasteiger partial charge in [-0.2, -0.15) is 0 Å². The van der Waals surface area contributed by atoms with E-state index >= 15 is 0 Å². The number of hydrogen-bond acceptors (Lipinski definition) is 1. The molecule has 0 radical (unpaired) electrons. The third kappa shape index (κ3) is 5.51. The van der Waals surface area contributed by atoms with E-state index in [0.29, 0.717) is 0 Å². The molecule has 64 heavy (non-hydrogen) atoms. The maximum atomic E-state index is 6.46. The van der Waals surface area contributed by atoms with Gasteiger partial charge >= 0.3 is 0 Å². The summed E-state index contributed by atoms with van der Waals surface area (Å²) in [6, 6.07) is 59.6. The molecular weight excluding hydrogens is 768 g/mol. The first kappa shape index (κ1) is 38.5. The molecule has 0 N–H and O–H groups in total. The fourth-order valence-electron chi connectivity index (χ4n) is 11.1. The Hall–Kier alpha value is -7.17. The van der Waals surface area contributed by atoms with Crippen LogP contribution in [0.15, 0.2) is 168 Å². The number of rotatable bonds is 5. The van der Waals surface area contributed by atoms with Gasteiger partial charge in [0.1, 0.15) is 66.1 Å². The molecule has 0 saturated carbocycles. The van der Waals surface area contributed by atoms with E-state index in [1.165, 1.54) is 121 Å². The lowest BCUT2D eigenvalue weighted by Crippen LogP contribution is -2.48. The minimum atomic E-state index is 0.891. The summed E-state index contributed by atoms with van der Waals surface area (Å²) in [4.78, 5) is 0. The van der Waals surface area contributed by atoms with Crippen LogP contribution >= 0.6 is 0 Å². The van der Waals surface area contributed by atoms with Crippen LogP contribution in [0, 0.1) is 0 Å². The van der Waals surface area contributed by atoms with Gasteiger partial charge in [-0.25, -0.2) is 0 Å². The third-order valence-electron chi connectivity index (χ3n) is 14.6. The van der Waals surface area contributed by atoms with Crippen LogP contribution in [0.1, 0.15) is 0 Å². The molecule has 0 aliphatic rings. The Morgan fingerprint density at radius 2 is 0.922 bits per heavy atom. The lowest BCUT2D eigenvalue weighted by Gasteiger charge is -2.19. The van der Waals surface area contributed by atoms with Crippen LogP contribution < -0.4 is 38.2 Å². The lowest BCUT2D eigenvalue weighted by atomic mass is 9.64. The number of fused-ring (bicyclic) bond motifs is 9. The van der Waals surface area contributed by atoms with Crippen molar-refractivity contribution in [2.75, 3.05) is 0 Å². The topological polar surface area (TPSA) is 23.0 Å². The zero-order valence-electron chi connectivity index (χ0n) is 37.4. The summed E-state index contributed by atoms with van der Waals surface area (Å²) in [5.74, 6) is 0. The molecule has 12 rings (SSSR count). The summed E-state index contributed by atoms with van der Waals surface area (Å²) in [5, 5.41) is 7.44. The molecule has 0 saturated heterocycles. The lowest BCUT2D eigenvalue weighted by molar-refractivity contribution is 0.668. The van der Waals surface area contributed by atoms with Gasteiger partial charge in [-0.05, 0) is 87.3 Å². The second kappa shape index (κ2) is 14.4. The van der Waals surface area contributed by atoms with Gasteiger partial charge in [-0.15, -0.1) is 5.46 Å². The van der Waals surface area contributed by atoms with Crippen LogP contribution in [0.5, 0.6) is 0 Å². The van der Waals surface area contributed by atoms with Crippen molar-refractivity contribution < 1.29 is 4.42 Å². The Bertz CT molecular complexity index is 3910. The van der Waals surface area contributed by atoms with Gasteiger partial charge < -0.3 is 13.6 Å². The summed E-state index contributed by atoms with van der Waals surface area (Å²) >= 11 is 0. The molecule has 0 bridgehead atoms. The van der Waals surface area contributed by atoms with Crippen molar-refractivity contribution in [2.45, 2.75) is 0 Å². The molecule has 12 aromatic rings. The van der Waals surface area contributed by atoms with Gasteiger partial charge in [0.25, 0.3) is 0 Å². The molecule has 0 amide bonds.